The number of H-pyrrole nitrogens is 2. The van der Waals surface area contributed by atoms with Gasteiger partial charge in [-0.1, -0.05) is 113 Å². The lowest BCUT2D eigenvalue weighted by Gasteiger charge is -2.39. The van der Waals surface area contributed by atoms with Crippen molar-refractivity contribution in [2.45, 2.75) is 328 Å². The number of alkyl carbamates (subject to hydrolysis) is 1. The Kier molecular flexibility index (Phi) is 28.9. The highest BCUT2D eigenvalue weighted by Crippen LogP contribution is 2.49. The molecule has 12 heterocycles. The summed E-state index contributed by atoms with van der Waals surface area (Å²) < 4.78 is 78.0. The van der Waals surface area contributed by atoms with Crippen LogP contribution in [-0.2, 0) is 74.0 Å². The maximum atomic E-state index is 13.9. The van der Waals surface area contributed by atoms with Gasteiger partial charge in [-0.2, -0.15) is 9.59 Å². The molecule has 3 amide bonds. The van der Waals surface area contributed by atoms with E-state index in [2.05, 4.69) is 135 Å². The summed E-state index contributed by atoms with van der Waals surface area (Å²) in [5.74, 6) is -1.98. The van der Waals surface area contributed by atoms with Crippen LogP contribution in [0.2, 0.25) is 36.3 Å². The van der Waals surface area contributed by atoms with E-state index in [-0.39, 0.29) is 94.7 Å². The summed E-state index contributed by atoms with van der Waals surface area (Å²) in [7, 11) is -4.27. The third kappa shape index (κ3) is 22.1. The predicted molar refractivity (Wildman–Crippen MR) is 470 cm³/mol. The summed E-state index contributed by atoms with van der Waals surface area (Å²) in [4.78, 5) is 143. The minimum absolute atomic E-state index is 0.0239. The minimum atomic E-state index is -2.18. The van der Waals surface area contributed by atoms with Crippen LogP contribution in [0.5, 0.6) is 0 Å². The minimum Gasteiger partial charge on any atom is -0.444 e. The van der Waals surface area contributed by atoms with Gasteiger partial charge in [-0.05, 0) is 153 Å². The molecule has 2 aromatic carbocycles. The molecule has 6 aliphatic heterocycles. The molecule has 684 valence electrons. The summed E-state index contributed by atoms with van der Waals surface area (Å²) in [6.07, 6.45) is 6.91. The van der Waals surface area contributed by atoms with Gasteiger partial charge in [-0.15, -0.1) is 0 Å². The Morgan fingerprint density at radius 1 is 0.571 bits per heavy atom. The van der Waals surface area contributed by atoms with Crippen LogP contribution in [0.4, 0.5) is 16.4 Å². The molecule has 6 saturated heterocycles. The van der Waals surface area contributed by atoms with Gasteiger partial charge in [-0.25, -0.2) is 44.3 Å². The largest absolute Gasteiger partial charge is 0.444 e. The van der Waals surface area contributed by atoms with Crippen LogP contribution in [0.3, 0.4) is 0 Å². The van der Waals surface area contributed by atoms with E-state index in [4.69, 9.17) is 61.1 Å². The fourth-order valence-electron chi connectivity index (χ4n) is 16.2. The highest BCUT2D eigenvalue weighted by atomic mass is 28.4. The van der Waals surface area contributed by atoms with Crippen LogP contribution in [0, 0.1) is 5.41 Å². The quantitative estimate of drug-likeness (QED) is 0.0314. The summed E-state index contributed by atoms with van der Waals surface area (Å²) in [5, 5.41) is 8.81. The van der Waals surface area contributed by atoms with Gasteiger partial charge in [0.1, 0.15) is 61.2 Å². The molecule has 15 atom stereocenters. The average Bonchev–Trinajstić information content (AvgIpc) is 1.59. The van der Waals surface area contributed by atoms with Gasteiger partial charge in [0.2, 0.25) is 0 Å². The summed E-state index contributed by atoms with van der Waals surface area (Å²) in [6, 6.07) is 17.3. The molecule has 126 heavy (non-hydrogen) atoms. The number of imidazole rings is 2. The number of aryl methyl sites for hydroxylation is 1. The standard InChI is InChI=1S/C49H73N9O10Si.C38H51N7O8Si.CO2/c1-15-31-32(68-69(13,14)48(8,9)10)23-35(63-31)57-25-30(42(60)55-44(57)61)24-56(22-21-34(46(2,3)4)53-45(62)67-47(5,6)7)26-33-37-38(66-49(11,12)65-37)43(64-33)58-28-52-36-39(50-27-51-40(36)58)54-41(59)29-19-17-16-18-20-29;1-9-24-26(53-54(7,8)37(2,3)4)18-27(49-24)44-19-23(34(47)43-36(44)48)16-13-17-25-29-30(52-38(5,6)51-29)35(50-25)45-21-41-28-31(39-20-40-32(28)45)42-33(46)22-14-11-10-12-15-22;2-1-3/h16-20,25,27-28,31-35,37-38,43H,15,21-24,26H2,1-14H3,(H,53,62)(H,55,60,61)(H,50,51,54,59);10-12,14-15,19-21,24-27,29-30,35H,9,13,16-18H2,1-8H3,(H,43,47,48)(H,39,40,42,46);/t31-,32+,33-,34+,35-,37-,38-,43-;24-,25-,26+,27-,29-,30-,35-;/m11./s1. The van der Waals surface area contributed by atoms with Crippen LogP contribution >= 0.6 is 0 Å². The molecule has 0 radical (unpaired) electrons. The molecule has 5 N–H and O–H groups in total. The smallest absolute Gasteiger partial charge is 0.407 e. The van der Waals surface area contributed by atoms with Gasteiger partial charge in [0.25, 0.3) is 22.9 Å². The molecule has 0 aliphatic carbocycles. The predicted octanol–water partition coefficient (Wildman–Crippen LogP) is 12.1. The lowest BCUT2D eigenvalue weighted by atomic mass is 9.84. The van der Waals surface area contributed by atoms with Crippen molar-refractivity contribution < 1.29 is 75.5 Å². The Balaban J connectivity index is 0.000000228. The van der Waals surface area contributed by atoms with Crippen LogP contribution in [-0.4, -0.2) is 201 Å². The number of nitrogens with one attached hydrogen (secondary N) is 5. The van der Waals surface area contributed by atoms with Gasteiger partial charge in [0, 0.05) is 73.2 Å². The molecule has 0 bridgehead atoms. The zero-order valence-electron chi connectivity index (χ0n) is 76.3. The maximum Gasteiger partial charge on any atom is 0.407 e. The number of ether oxygens (including phenoxy) is 9. The molecule has 0 unspecified atom stereocenters. The van der Waals surface area contributed by atoms with Crippen LogP contribution in [0.25, 0.3) is 22.3 Å². The number of hydrogen-bond acceptors (Lipinski definition) is 27. The fourth-order valence-corrected chi connectivity index (χ4v) is 19.0. The molecule has 0 saturated carbocycles. The SMILES string of the molecule is CC[C@H]1O[C@@H](n2cc(CCC[C@H]3O[C@@H](n4cnc5c(NC(=O)c6ccccc6)ncnc54)[C@@H]4OC(C)(C)O[C@@H]43)c(=O)[nH]c2=O)C[C@@H]1O[Si](C)(C)C(C)(C)C.CC[C@H]1O[C@@H](n2cc(CN(CC[C@H](NC(=O)OC(C)(C)C)C(C)(C)C)C[C@H]3O[C@@H](n4cnc5c(NC(=O)c6ccccc6)ncnc54)[C@@H]4OC(C)(C)O[C@@H]43)c(=O)[nH]c2=O)C[C@@H]1O[Si](C)(C)C(C)(C)C.O=C=O. The molecule has 0 spiro atoms. The third-order valence-corrected chi connectivity index (χ3v) is 33.7. The number of amides is 3. The van der Waals surface area contributed by atoms with Crippen LogP contribution in [0.1, 0.15) is 226 Å². The number of carbonyl (C=O) groups is 3. The van der Waals surface area contributed by atoms with Crippen molar-refractivity contribution in [1.82, 2.24) is 68.4 Å². The molecule has 36 nitrogen and oxygen atoms in total. The Morgan fingerprint density at radius 2 is 0.992 bits per heavy atom. The zero-order valence-corrected chi connectivity index (χ0v) is 78.3. The van der Waals surface area contributed by atoms with E-state index in [0.29, 0.717) is 96.1 Å². The molecule has 6 aromatic heterocycles. The van der Waals surface area contributed by atoms with Crippen molar-refractivity contribution in [2.75, 3.05) is 23.7 Å². The molecule has 6 aliphatic rings. The first-order chi connectivity index (χ1) is 59.1. The van der Waals surface area contributed by atoms with Gasteiger partial charge < -0.3 is 67.4 Å². The summed E-state index contributed by atoms with van der Waals surface area (Å²) in [5.41, 5.74) is 0.327. The van der Waals surface area contributed by atoms with Gasteiger partial charge in [0.05, 0.1) is 43.2 Å². The topological polar surface area (TPSA) is 423 Å². The van der Waals surface area contributed by atoms with Gasteiger partial charge in [0.15, 0.2) is 74.6 Å². The molecule has 8 aromatic rings. The normalized spacial score (nSPS) is 24.9. The molecular weight excluding hydrogens is 1660 g/mol. The van der Waals surface area contributed by atoms with E-state index in [9.17, 15) is 33.6 Å². The second-order valence-electron chi connectivity index (χ2n) is 39.1. The number of aromatic amines is 2. The highest BCUT2D eigenvalue weighted by Gasteiger charge is 2.58. The number of anilines is 2. The van der Waals surface area contributed by atoms with Gasteiger partial charge >= 0.3 is 23.6 Å². The molecule has 14 rings (SSSR count). The molecule has 6 fully saturated rings. The Hall–Kier alpha value is -9.52. The number of rotatable bonds is 26. The van der Waals surface area contributed by atoms with E-state index in [1.807, 2.05) is 88.3 Å². The van der Waals surface area contributed by atoms with Crippen molar-refractivity contribution in [3.05, 3.63) is 162 Å². The first kappa shape index (κ1) is 95.6. The van der Waals surface area contributed by atoms with Crippen molar-refractivity contribution in [2.24, 2.45) is 5.41 Å². The maximum absolute atomic E-state index is 13.9. The number of carbonyl (C=O) groups excluding carboxylic acids is 5. The second kappa shape index (κ2) is 38.0. The zero-order chi connectivity index (χ0) is 91.7. The Bertz CT molecular complexity index is 5450. The second-order valence-corrected chi connectivity index (χ2v) is 48.6. The number of hydrogen-bond donors (Lipinski definition) is 5. The van der Waals surface area contributed by atoms with Crippen molar-refractivity contribution >= 4 is 74.7 Å². The number of aromatic nitrogens is 12. The number of fused-ring (bicyclic) bond motifs is 4. The van der Waals surface area contributed by atoms with E-state index in [1.54, 1.807) is 82.7 Å². The number of nitrogens with zero attached hydrogens (tertiary/aromatic N) is 11. The van der Waals surface area contributed by atoms with Crippen LogP contribution in [0.15, 0.2) is 118 Å². The van der Waals surface area contributed by atoms with Crippen molar-refractivity contribution in [3.8, 4) is 0 Å². The molecular formula is C88H124N16O20Si2. The highest BCUT2D eigenvalue weighted by molar-refractivity contribution is 6.74. The monoisotopic (exact) mass is 1780 g/mol. The third-order valence-electron chi connectivity index (χ3n) is 24.7. The van der Waals surface area contributed by atoms with E-state index in [0.717, 1.165) is 6.42 Å². The van der Waals surface area contributed by atoms with Crippen molar-refractivity contribution in [1.29, 1.82) is 0 Å². The molecule has 38 heteroatoms. The fraction of sp³-hybridized carbons (Fsp3) is 0.614. The first-order valence-corrected chi connectivity index (χ1v) is 49.1. The summed E-state index contributed by atoms with van der Waals surface area (Å²) in [6.45, 7) is 45.9. The lowest BCUT2D eigenvalue weighted by Crippen LogP contribution is -2.48. The number of benzene rings is 2. The average molecular weight is 1780 g/mol. The van der Waals surface area contributed by atoms with E-state index >= 15 is 0 Å². The van der Waals surface area contributed by atoms with Gasteiger partial charge in [-0.3, -0.25) is 52.3 Å². The van der Waals surface area contributed by atoms with Crippen LogP contribution < -0.4 is 38.4 Å². The Labute approximate surface area is 734 Å². The van der Waals surface area contributed by atoms with E-state index in [1.165, 1.54) is 21.8 Å². The lowest BCUT2D eigenvalue weighted by molar-refractivity contribution is -0.198. The van der Waals surface area contributed by atoms with Crippen molar-refractivity contribution in [3.63, 3.8) is 0 Å². The van der Waals surface area contributed by atoms with E-state index < -0.39 is 118 Å². The Morgan fingerprint density at radius 3 is 1.42 bits per heavy atom. The summed E-state index contributed by atoms with van der Waals surface area (Å²) >= 11 is 0. The first-order valence-electron chi connectivity index (χ1n) is 43.3.